The van der Waals surface area contributed by atoms with Crippen LogP contribution in [0.5, 0.6) is 0 Å². The quantitative estimate of drug-likeness (QED) is 0.909. The van der Waals surface area contributed by atoms with E-state index >= 15 is 0 Å². The minimum Gasteiger partial charge on any atom is -0.348 e. The third-order valence-electron chi connectivity index (χ3n) is 3.57. The zero-order valence-electron chi connectivity index (χ0n) is 11.8. The normalized spacial score (nSPS) is 17.4. The largest absolute Gasteiger partial charge is 0.348 e. The van der Waals surface area contributed by atoms with Crippen LogP contribution < -0.4 is 5.32 Å². The van der Waals surface area contributed by atoms with Gasteiger partial charge >= 0.3 is 0 Å². The van der Waals surface area contributed by atoms with E-state index in [4.69, 9.17) is 0 Å². The van der Waals surface area contributed by atoms with Gasteiger partial charge in [0.05, 0.1) is 12.6 Å². The lowest BCUT2D eigenvalue weighted by Gasteiger charge is -2.21. The highest BCUT2D eigenvalue weighted by atomic mass is 16.2. The van der Waals surface area contributed by atoms with Crippen LogP contribution in [0.15, 0.2) is 24.5 Å². The maximum Gasteiger partial charge on any atom is 0.240 e. The molecule has 2 amide bonds. The fourth-order valence-electron chi connectivity index (χ4n) is 2.38. The summed E-state index contributed by atoms with van der Waals surface area (Å²) in [6, 6.07) is 3.67. The second kappa shape index (κ2) is 7.03. The Kier molecular flexibility index (Phi) is 5.09. The van der Waals surface area contributed by atoms with Crippen LogP contribution in [0, 0.1) is 0 Å². The molecule has 2 heterocycles. The van der Waals surface area contributed by atoms with Crippen molar-refractivity contribution in [1.29, 1.82) is 0 Å². The van der Waals surface area contributed by atoms with Gasteiger partial charge in [-0.1, -0.05) is 12.5 Å². The Bertz CT molecular complexity index is 461. The standard InChI is InChI=1S/C15H21N3O2/c1-12(13-6-5-8-16-10-13)17-14(19)11-18-9-4-2-3-7-15(18)20/h5-6,8,10,12H,2-4,7,9,11H2,1H3,(H,17,19). The number of carbonyl (C=O) groups is 2. The van der Waals surface area contributed by atoms with E-state index in [1.807, 2.05) is 19.1 Å². The summed E-state index contributed by atoms with van der Waals surface area (Å²) in [5, 5.41) is 2.91. The Hall–Kier alpha value is -1.91. The zero-order valence-corrected chi connectivity index (χ0v) is 11.8. The summed E-state index contributed by atoms with van der Waals surface area (Å²) in [5.41, 5.74) is 0.961. The van der Waals surface area contributed by atoms with Gasteiger partial charge in [-0.05, 0) is 31.4 Å². The molecule has 1 unspecified atom stereocenters. The molecule has 0 radical (unpaired) electrons. The maximum absolute atomic E-state index is 12.0. The van der Waals surface area contributed by atoms with Crippen LogP contribution in [0.4, 0.5) is 0 Å². The molecule has 1 aliphatic rings. The van der Waals surface area contributed by atoms with Crippen LogP contribution in [-0.4, -0.2) is 34.8 Å². The van der Waals surface area contributed by atoms with E-state index in [1.54, 1.807) is 17.3 Å². The highest BCUT2D eigenvalue weighted by Gasteiger charge is 2.20. The van der Waals surface area contributed by atoms with Crippen LogP contribution in [0.1, 0.15) is 44.2 Å². The first kappa shape index (κ1) is 14.5. The number of pyridine rings is 1. The molecule has 1 aromatic heterocycles. The fourth-order valence-corrected chi connectivity index (χ4v) is 2.38. The van der Waals surface area contributed by atoms with Crippen molar-refractivity contribution < 1.29 is 9.59 Å². The Morgan fingerprint density at radius 2 is 2.30 bits per heavy atom. The van der Waals surface area contributed by atoms with Gasteiger partial charge in [0.2, 0.25) is 11.8 Å². The third kappa shape index (κ3) is 4.05. The maximum atomic E-state index is 12.0. The smallest absolute Gasteiger partial charge is 0.240 e. The number of aromatic nitrogens is 1. The van der Waals surface area contributed by atoms with E-state index < -0.39 is 0 Å². The van der Waals surface area contributed by atoms with Gasteiger partial charge in [-0.15, -0.1) is 0 Å². The van der Waals surface area contributed by atoms with Crippen molar-refractivity contribution in [1.82, 2.24) is 15.2 Å². The molecule has 0 aromatic carbocycles. The molecule has 5 nitrogen and oxygen atoms in total. The Morgan fingerprint density at radius 1 is 1.45 bits per heavy atom. The zero-order chi connectivity index (χ0) is 14.4. The monoisotopic (exact) mass is 275 g/mol. The molecular weight excluding hydrogens is 254 g/mol. The van der Waals surface area contributed by atoms with Crippen molar-refractivity contribution in [3.05, 3.63) is 30.1 Å². The topological polar surface area (TPSA) is 62.3 Å². The van der Waals surface area contributed by atoms with Crippen LogP contribution in [0.3, 0.4) is 0 Å². The molecule has 0 spiro atoms. The second-order valence-corrected chi connectivity index (χ2v) is 5.20. The van der Waals surface area contributed by atoms with E-state index in [9.17, 15) is 9.59 Å². The molecule has 108 valence electrons. The molecular formula is C15H21N3O2. The van der Waals surface area contributed by atoms with Crippen molar-refractivity contribution in [3.63, 3.8) is 0 Å². The minimum atomic E-state index is -0.114. The highest BCUT2D eigenvalue weighted by molar-refractivity contribution is 5.85. The average Bonchev–Trinajstić information content (AvgIpc) is 2.65. The number of hydrogen-bond donors (Lipinski definition) is 1. The summed E-state index contributed by atoms with van der Waals surface area (Å²) >= 11 is 0. The molecule has 1 saturated heterocycles. The third-order valence-corrected chi connectivity index (χ3v) is 3.57. The van der Waals surface area contributed by atoms with E-state index in [2.05, 4.69) is 10.3 Å². The van der Waals surface area contributed by atoms with Gasteiger partial charge in [-0.25, -0.2) is 0 Å². The molecule has 2 rings (SSSR count). The Balaban J connectivity index is 1.87. The lowest BCUT2D eigenvalue weighted by atomic mass is 10.1. The summed E-state index contributed by atoms with van der Waals surface area (Å²) in [6.07, 6.45) is 6.98. The molecule has 1 aliphatic heterocycles. The van der Waals surface area contributed by atoms with Gasteiger partial charge in [0.15, 0.2) is 0 Å². The van der Waals surface area contributed by atoms with Crippen LogP contribution >= 0.6 is 0 Å². The van der Waals surface area contributed by atoms with E-state index in [1.165, 1.54) is 0 Å². The lowest BCUT2D eigenvalue weighted by molar-refractivity contribution is -0.135. The number of hydrogen-bond acceptors (Lipinski definition) is 3. The van der Waals surface area contributed by atoms with Gasteiger partial charge in [0, 0.05) is 25.4 Å². The first-order chi connectivity index (χ1) is 9.66. The summed E-state index contributed by atoms with van der Waals surface area (Å²) in [5.74, 6) is -0.0247. The Labute approximate surface area is 119 Å². The van der Waals surface area contributed by atoms with E-state index in [0.29, 0.717) is 13.0 Å². The molecule has 1 atom stereocenters. The molecule has 1 aromatic rings. The first-order valence-electron chi connectivity index (χ1n) is 7.14. The van der Waals surface area contributed by atoms with Crippen LogP contribution in [0.2, 0.25) is 0 Å². The summed E-state index contributed by atoms with van der Waals surface area (Å²) in [4.78, 5) is 29.6. The summed E-state index contributed by atoms with van der Waals surface area (Å²) in [7, 11) is 0. The van der Waals surface area contributed by atoms with Crippen molar-refractivity contribution in [2.24, 2.45) is 0 Å². The molecule has 0 aliphatic carbocycles. The van der Waals surface area contributed by atoms with Gasteiger partial charge in [0.25, 0.3) is 0 Å². The molecule has 1 N–H and O–H groups in total. The van der Waals surface area contributed by atoms with Crippen molar-refractivity contribution in [2.75, 3.05) is 13.1 Å². The van der Waals surface area contributed by atoms with Gasteiger partial charge < -0.3 is 10.2 Å². The first-order valence-corrected chi connectivity index (χ1v) is 7.14. The summed E-state index contributed by atoms with van der Waals surface area (Å²) in [6.45, 7) is 2.76. The van der Waals surface area contributed by atoms with E-state index in [0.717, 1.165) is 24.8 Å². The number of nitrogens with one attached hydrogen (secondary N) is 1. The van der Waals surface area contributed by atoms with Gasteiger partial charge in [-0.3, -0.25) is 14.6 Å². The predicted octanol–water partition coefficient (Wildman–Crippen LogP) is 1.66. The number of nitrogens with zero attached hydrogens (tertiary/aromatic N) is 2. The Morgan fingerprint density at radius 3 is 3.05 bits per heavy atom. The van der Waals surface area contributed by atoms with Crippen molar-refractivity contribution in [2.45, 2.75) is 38.6 Å². The lowest BCUT2D eigenvalue weighted by Crippen LogP contribution is -2.41. The SMILES string of the molecule is CC(NC(=O)CN1CCCCCC1=O)c1cccnc1. The second-order valence-electron chi connectivity index (χ2n) is 5.20. The average molecular weight is 275 g/mol. The van der Waals surface area contributed by atoms with Gasteiger partial charge in [-0.2, -0.15) is 0 Å². The van der Waals surface area contributed by atoms with Crippen LogP contribution in [-0.2, 0) is 9.59 Å². The number of carbonyl (C=O) groups excluding carboxylic acids is 2. The summed E-state index contributed by atoms with van der Waals surface area (Å²) < 4.78 is 0. The predicted molar refractivity (Wildman–Crippen MR) is 75.8 cm³/mol. The van der Waals surface area contributed by atoms with Crippen molar-refractivity contribution in [3.8, 4) is 0 Å². The molecule has 1 fully saturated rings. The van der Waals surface area contributed by atoms with Gasteiger partial charge in [0.1, 0.15) is 0 Å². The molecule has 0 bridgehead atoms. The number of rotatable bonds is 4. The molecule has 20 heavy (non-hydrogen) atoms. The molecule has 5 heteroatoms. The van der Waals surface area contributed by atoms with Crippen molar-refractivity contribution >= 4 is 11.8 Å². The van der Waals surface area contributed by atoms with Crippen LogP contribution in [0.25, 0.3) is 0 Å². The van der Waals surface area contributed by atoms with E-state index in [-0.39, 0.29) is 24.4 Å². The number of likely N-dealkylation sites (tertiary alicyclic amines) is 1. The fraction of sp³-hybridized carbons (Fsp3) is 0.533. The number of amides is 2. The highest BCUT2D eigenvalue weighted by Crippen LogP contribution is 2.12. The minimum absolute atomic E-state index is 0.0895. The molecule has 0 saturated carbocycles.